The first-order valence-electron chi connectivity index (χ1n) is 5.19. The smallest absolute Gasteiger partial charge is 0.281 e. The third-order valence-electron chi connectivity index (χ3n) is 3.03. The Hall–Kier alpha value is -0.170. The lowest BCUT2D eigenvalue weighted by Gasteiger charge is -2.35. The molecule has 1 saturated heterocycles. The molecular formula is C9H21N3O2S. The van der Waals surface area contributed by atoms with Crippen LogP contribution in [-0.4, -0.2) is 69.3 Å². The van der Waals surface area contributed by atoms with Gasteiger partial charge < -0.3 is 4.90 Å². The zero-order valence-electron chi connectivity index (χ0n) is 9.97. The van der Waals surface area contributed by atoms with E-state index in [1.807, 2.05) is 0 Å². The number of hydrogen-bond acceptors (Lipinski definition) is 3. The molecule has 5 nitrogen and oxygen atoms in total. The van der Waals surface area contributed by atoms with Crippen molar-refractivity contribution in [2.24, 2.45) is 0 Å². The molecule has 0 aliphatic carbocycles. The summed E-state index contributed by atoms with van der Waals surface area (Å²) in [7, 11) is 3.63. The molecule has 0 aromatic rings. The van der Waals surface area contributed by atoms with E-state index in [2.05, 4.69) is 11.9 Å². The number of hydrogen-bond donors (Lipinski definition) is 0. The summed E-state index contributed by atoms with van der Waals surface area (Å²) < 4.78 is 26.5. The van der Waals surface area contributed by atoms with Gasteiger partial charge in [-0.3, -0.25) is 0 Å². The summed E-state index contributed by atoms with van der Waals surface area (Å²) in [5.41, 5.74) is 0. The largest absolute Gasteiger partial charge is 0.306 e. The summed E-state index contributed by atoms with van der Waals surface area (Å²) in [6, 6.07) is 0.147. The zero-order valence-corrected chi connectivity index (χ0v) is 10.8. The molecule has 0 aromatic heterocycles. The lowest BCUT2D eigenvalue weighted by molar-refractivity contribution is 0.193. The Morgan fingerprint density at radius 2 is 1.60 bits per heavy atom. The lowest BCUT2D eigenvalue weighted by atomic mass is 10.1. The Bertz CT molecular complexity index is 294. The monoisotopic (exact) mass is 235 g/mol. The van der Waals surface area contributed by atoms with Crippen molar-refractivity contribution < 1.29 is 8.42 Å². The molecule has 0 aromatic carbocycles. The summed E-state index contributed by atoms with van der Waals surface area (Å²) in [5, 5.41) is 0. The second-order valence-corrected chi connectivity index (χ2v) is 6.54. The minimum atomic E-state index is -3.25. The van der Waals surface area contributed by atoms with Crippen molar-refractivity contribution in [3.63, 3.8) is 0 Å². The molecule has 1 fully saturated rings. The zero-order chi connectivity index (χ0) is 11.6. The van der Waals surface area contributed by atoms with Crippen molar-refractivity contribution in [1.82, 2.24) is 13.5 Å². The summed E-state index contributed by atoms with van der Waals surface area (Å²) in [6.45, 7) is 1.94. The standard InChI is InChI=1S/C9H21N3O2S/c1-10(2)15(13,14)12(4)9-5-7-11(3)8-6-9/h9H,5-8H2,1-4H3. The van der Waals surface area contributed by atoms with Crippen LogP contribution in [-0.2, 0) is 10.2 Å². The molecule has 0 amide bonds. The highest BCUT2D eigenvalue weighted by atomic mass is 32.2. The van der Waals surface area contributed by atoms with Gasteiger partial charge in [-0.15, -0.1) is 0 Å². The highest BCUT2D eigenvalue weighted by Crippen LogP contribution is 2.17. The summed E-state index contributed by atoms with van der Waals surface area (Å²) in [5.74, 6) is 0. The van der Waals surface area contributed by atoms with Gasteiger partial charge in [0.1, 0.15) is 0 Å². The predicted octanol–water partition coefficient (Wildman–Crippen LogP) is -0.181. The van der Waals surface area contributed by atoms with Crippen molar-refractivity contribution in [3.05, 3.63) is 0 Å². The fraction of sp³-hybridized carbons (Fsp3) is 1.00. The molecule has 6 heteroatoms. The van der Waals surface area contributed by atoms with Gasteiger partial charge >= 0.3 is 0 Å². The molecule has 0 bridgehead atoms. The highest BCUT2D eigenvalue weighted by Gasteiger charge is 2.29. The van der Waals surface area contributed by atoms with Gasteiger partial charge in [0.05, 0.1) is 0 Å². The minimum absolute atomic E-state index is 0.147. The van der Waals surface area contributed by atoms with E-state index in [9.17, 15) is 8.42 Å². The van der Waals surface area contributed by atoms with Crippen LogP contribution in [0.15, 0.2) is 0 Å². The van der Waals surface area contributed by atoms with Crippen LogP contribution >= 0.6 is 0 Å². The Morgan fingerprint density at radius 1 is 1.13 bits per heavy atom. The molecule has 0 N–H and O–H groups in total. The molecule has 1 aliphatic rings. The van der Waals surface area contributed by atoms with Gasteiger partial charge in [-0.25, -0.2) is 0 Å². The van der Waals surface area contributed by atoms with E-state index in [0.29, 0.717) is 0 Å². The van der Waals surface area contributed by atoms with Gasteiger partial charge in [0.2, 0.25) is 0 Å². The molecule has 1 rings (SSSR count). The number of nitrogens with zero attached hydrogens (tertiary/aromatic N) is 3. The van der Waals surface area contributed by atoms with Crippen LogP contribution < -0.4 is 0 Å². The van der Waals surface area contributed by atoms with E-state index >= 15 is 0 Å². The highest BCUT2D eigenvalue weighted by molar-refractivity contribution is 7.86. The van der Waals surface area contributed by atoms with E-state index in [0.717, 1.165) is 25.9 Å². The molecule has 0 atom stereocenters. The molecule has 15 heavy (non-hydrogen) atoms. The number of rotatable bonds is 3. The van der Waals surface area contributed by atoms with Gasteiger partial charge in [-0.2, -0.15) is 17.0 Å². The average Bonchev–Trinajstić information content (AvgIpc) is 2.17. The van der Waals surface area contributed by atoms with Crippen molar-refractivity contribution in [2.75, 3.05) is 41.3 Å². The molecule has 1 heterocycles. The fourth-order valence-corrected chi connectivity index (χ4v) is 2.91. The second kappa shape index (κ2) is 4.78. The Kier molecular flexibility index (Phi) is 4.11. The Balaban J connectivity index is 2.65. The maximum Gasteiger partial charge on any atom is 0.281 e. The van der Waals surface area contributed by atoms with Gasteiger partial charge in [-0.1, -0.05) is 0 Å². The first kappa shape index (κ1) is 12.9. The normalized spacial score (nSPS) is 21.5. The third-order valence-corrected chi connectivity index (χ3v) is 4.98. The van der Waals surface area contributed by atoms with E-state index in [-0.39, 0.29) is 6.04 Å². The van der Waals surface area contributed by atoms with E-state index in [4.69, 9.17) is 0 Å². The first-order chi connectivity index (χ1) is 6.85. The third kappa shape index (κ3) is 2.90. The molecular weight excluding hydrogens is 214 g/mol. The van der Waals surface area contributed by atoms with Gasteiger partial charge in [0.25, 0.3) is 10.2 Å². The lowest BCUT2D eigenvalue weighted by Crippen LogP contribution is -2.48. The SMILES string of the molecule is CN1CCC(N(C)S(=O)(=O)N(C)C)CC1. The van der Waals surface area contributed by atoms with E-state index in [1.54, 1.807) is 21.1 Å². The summed E-state index contributed by atoms with van der Waals surface area (Å²) in [6.07, 6.45) is 1.83. The van der Waals surface area contributed by atoms with Crippen molar-refractivity contribution >= 4 is 10.2 Å². The molecule has 0 radical (unpaired) electrons. The van der Waals surface area contributed by atoms with Crippen LogP contribution in [0.25, 0.3) is 0 Å². The van der Waals surface area contributed by atoms with Crippen LogP contribution in [0.4, 0.5) is 0 Å². The maximum absolute atomic E-state index is 11.8. The maximum atomic E-state index is 11.8. The van der Waals surface area contributed by atoms with E-state index < -0.39 is 10.2 Å². The van der Waals surface area contributed by atoms with Crippen molar-refractivity contribution in [2.45, 2.75) is 18.9 Å². The average molecular weight is 235 g/mol. The van der Waals surface area contributed by atoms with Gasteiger partial charge in [-0.05, 0) is 33.0 Å². The number of likely N-dealkylation sites (tertiary alicyclic amines) is 1. The Labute approximate surface area is 92.8 Å². The fourth-order valence-electron chi connectivity index (χ4n) is 1.80. The Morgan fingerprint density at radius 3 is 2.00 bits per heavy atom. The van der Waals surface area contributed by atoms with Crippen LogP contribution in [0.1, 0.15) is 12.8 Å². The molecule has 0 saturated carbocycles. The summed E-state index contributed by atoms with van der Waals surface area (Å²) in [4.78, 5) is 2.23. The summed E-state index contributed by atoms with van der Waals surface area (Å²) >= 11 is 0. The quantitative estimate of drug-likeness (QED) is 0.681. The van der Waals surface area contributed by atoms with Crippen LogP contribution in [0.2, 0.25) is 0 Å². The van der Waals surface area contributed by atoms with Gasteiger partial charge in [0.15, 0.2) is 0 Å². The predicted molar refractivity (Wildman–Crippen MR) is 60.9 cm³/mol. The van der Waals surface area contributed by atoms with Crippen molar-refractivity contribution in [1.29, 1.82) is 0 Å². The molecule has 1 aliphatic heterocycles. The van der Waals surface area contributed by atoms with Crippen LogP contribution in [0.5, 0.6) is 0 Å². The molecule has 90 valence electrons. The number of piperidine rings is 1. The first-order valence-corrected chi connectivity index (χ1v) is 6.59. The van der Waals surface area contributed by atoms with Crippen molar-refractivity contribution in [3.8, 4) is 0 Å². The molecule has 0 unspecified atom stereocenters. The minimum Gasteiger partial charge on any atom is -0.306 e. The topological polar surface area (TPSA) is 43.9 Å². The van der Waals surface area contributed by atoms with E-state index in [1.165, 1.54) is 8.61 Å². The van der Waals surface area contributed by atoms with Crippen LogP contribution in [0.3, 0.4) is 0 Å². The molecule has 0 spiro atoms. The second-order valence-electron chi connectivity index (χ2n) is 4.34. The van der Waals surface area contributed by atoms with Gasteiger partial charge in [0, 0.05) is 27.2 Å². The van der Waals surface area contributed by atoms with Crippen LogP contribution in [0, 0.1) is 0 Å².